The Bertz CT molecular complexity index is 1080. The molecular formula is C22H27N3O5S. The highest BCUT2D eigenvalue weighted by atomic mass is 32.2. The molecule has 0 radical (unpaired) electrons. The largest absolute Gasteiger partial charge is 0.349 e. The second kappa shape index (κ2) is 9.47. The van der Waals surface area contributed by atoms with Gasteiger partial charge >= 0.3 is 0 Å². The van der Waals surface area contributed by atoms with Crippen LogP contribution in [0.5, 0.6) is 0 Å². The van der Waals surface area contributed by atoms with Crippen LogP contribution in [0, 0.1) is 17.0 Å². The number of rotatable bonds is 8. The predicted octanol–water partition coefficient (Wildman–Crippen LogP) is 3.64. The van der Waals surface area contributed by atoms with Crippen molar-refractivity contribution in [1.82, 2.24) is 5.32 Å². The maximum Gasteiger partial charge on any atom is 0.271 e. The summed E-state index contributed by atoms with van der Waals surface area (Å²) in [5, 5.41) is 14.2. The number of sulfonamides is 1. The summed E-state index contributed by atoms with van der Waals surface area (Å²) in [7, 11) is -3.67. The van der Waals surface area contributed by atoms with Crippen molar-refractivity contribution in [2.75, 3.05) is 17.1 Å². The summed E-state index contributed by atoms with van der Waals surface area (Å²) in [6.45, 7) is 1.76. The molecule has 8 nitrogen and oxygen atoms in total. The van der Waals surface area contributed by atoms with Crippen LogP contribution in [-0.4, -0.2) is 32.0 Å². The fraction of sp³-hybridized carbons (Fsp3) is 0.409. The third-order valence-electron chi connectivity index (χ3n) is 5.54. The molecule has 0 spiro atoms. The van der Waals surface area contributed by atoms with Gasteiger partial charge in [0.15, 0.2) is 0 Å². The minimum Gasteiger partial charge on any atom is -0.349 e. The van der Waals surface area contributed by atoms with Gasteiger partial charge in [-0.2, -0.15) is 0 Å². The number of hydrogen-bond donors (Lipinski definition) is 1. The van der Waals surface area contributed by atoms with Gasteiger partial charge in [-0.1, -0.05) is 30.3 Å². The van der Waals surface area contributed by atoms with E-state index in [1.54, 1.807) is 6.92 Å². The monoisotopic (exact) mass is 445 g/mol. The van der Waals surface area contributed by atoms with Crippen LogP contribution < -0.4 is 9.62 Å². The van der Waals surface area contributed by atoms with Gasteiger partial charge in [-0.3, -0.25) is 19.2 Å². The first-order valence-corrected chi connectivity index (χ1v) is 12.1. The highest BCUT2D eigenvalue weighted by Gasteiger charge is 2.24. The molecule has 9 heteroatoms. The second-order valence-electron chi connectivity index (χ2n) is 7.88. The molecule has 0 fully saturated rings. The third-order valence-corrected chi connectivity index (χ3v) is 6.72. The summed E-state index contributed by atoms with van der Waals surface area (Å²) in [6, 6.07) is 12.2. The average molecular weight is 446 g/mol. The third kappa shape index (κ3) is 5.61. The first-order valence-electron chi connectivity index (χ1n) is 10.3. The van der Waals surface area contributed by atoms with E-state index in [0.717, 1.165) is 35.4 Å². The molecule has 1 aliphatic carbocycles. The number of fused-ring (bicyclic) bond motifs is 1. The molecule has 1 atom stereocenters. The maximum atomic E-state index is 12.5. The number of carbonyl (C=O) groups excluding carboxylic acids is 1. The quantitative estimate of drug-likeness (QED) is 0.493. The van der Waals surface area contributed by atoms with Gasteiger partial charge in [0.1, 0.15) is 0 Å². The lowest BCUT2D eigenvalue weighted by molar-refractivity contribution is -0.384. The van der Waals surface area contributed by atoms with Gasteiger partial charge in [0.2, 0.25) is 15.9 Å². The number of nitro groups is 1. The Morgan fingerprint density at radius 3 is 2.71 bits per heavy atom. The lowest BCUT2D eigenvalue weighted by Crippen LogP contribution is -2.34. The molecule has 0 aliphatic heterocycles. The Labute approximate surface area is 182 Å². The van der Waals surface area contributed by atoms with Gasteiger partial charge in [-0.25, -0.2) is 8.42 Å². The number of amides is 1. The van der Waals surface area contributed by atoms with E-state index in [2.05, 4.69) is 11.4 Å². The van der Waals surface area contributed by atoms with Crippen LogP contribution in [0.25, 0.3) is 0 Å². The highest BCUT2D eigenvalue weighted by Crippen LogP contribution is 2.30. The molecule has 0 unspecified atom stereocenters. The van der Waals surface area contributed by atoms with Crippen molar-refractivity contribution in [2.45, 2.75) is 45.1 Å². The minimum absolute atomic E-state index is 0.0255. The molecule has 0 saturated carbocycles. The van der Waals surface area contributed by atoms with Crippen molar-refractivity contribution >= 4 is 27.3 Å². The Morgan fingerprint density at radius 2 is 2.00 bits per heavy atom. The SMILES string of the molecule is Cc1ccc([N+](=O)[O-])cc1N(CCCC(=O)N[C@@H]1CCCc2ccccc21)S(C)(=O)=O. The van der Waals surface area contributed by atoms with Crippen LogP contribution in [-0.2, 0) is 21.2 Å². The van der Waals surface area contributed by atoms with E-state index in [0.29, 0.717) is 12.0 Å². The van der Waals surface area contributed by atoms with Crippen molar-refractivity contribution in [3.8, 4) is 0 Å². The van der Waals surface area contributed by atoms with Crippen molar-refractivity contribution in [1.29, 1.82) is 0 Å². The van der Waals surface area contributed by atoms with Crippen molar-refractivity contribution < 1.29 is 18.1 Å². The fourth-order valence-electron chi connectivity index (χ4n) is 4.00. The first-order chi connectivity index (χ1) is 14.7. The zero-order valence-corrected chi connectivity index (χ0v) is 18.5. The highest BCUT2D eigenvalue weighted by molar-refractivity contribution is 7.92. The molecule has 166 valence electrons. The molecule has 2 aromatic rings. The summed E-state index contributed by atoms with van der Waals surface area (Å²) < 4.78 is 25.8. The van der Waals surface area contributed by atoms with Crippen LogP contribution in [0.2, 0.25) is 0 Å². The van der Waals surface area contributed by atoms with E-state index in [4.69, 9.17) is 0 Å². The van der Waals surface area contributed by atoms with E-state index in [1.165, 1.54) is 23.8 Å². The lowest BCUT2D eigenvalue weighted by Gasteiger charge is -2.27. The Balaban J connectivity index is 1.66. The summed E-state index contributed by atoms with van der Waals surface area (Å²) in [6.07, 6.45) is 4.42. The molecule has 1 N–H and O–H groups in total. The average Bonchev–Trinajstić information content (AvgIpc) is 2.71. The zero-order valence-electron chi connectivity index (χ0n) is 17.7. The van der Waals surface area contributed by atoms with Gasteiger partial charge in [0.05, 0.1) is 22.9 Å². The van der Waals surface area contributed by atoms with E-state index in [9.17, 15) is 23.3 Å². The molecule has 31 heavy (non-hydrogen) atoms. The Hall–Kier alpha value is -2.94. The molecule has 2 aromatic carbocycles. The molecule has 3 rings (SSSR count). The van der Waals surface area contributed by atoms with Crippen molar-refractivity contribution in [2.24, 2.45) is 0 Å². The van der Waals surface area contributed by atoms with Crippen LogP contribution in [0.1, 0.15) is 48.4 Å². The van der Waals surface area contributed by atoms with Crippen LogP contribution in [0.15, 0.2) is 42.5 Å². The number of non-ortho nitro benzene ring substituents is 1. The smallest absolute Gasteiger partial charge is 0.271 e. The van der Waals surface area contributed by atoms with Crippen molar-refractivity contribution in [3.63, 3.8) is 0 Å². The Kier molecular flexibility index (Phi) is 6.94. The molecule has 1 amide bonds. The van der Waals surface area contributed by atoms with Gasteiger partial charge in [-0.05, 0) is 49.3 Å². The molecular weight excluding hydrogens is 418 g/mol. The van der Waals surface area contributed by atoms with Gasteiger partial charge < -0.3 is 5.32 Å². The number of nitrogens with one attached hydrogen (secondary N) is 1. The summed E-state index contributed by atoms with van der Waals surface area (Å²) in [5.74, 6) is -0.133. The molecule has 0 heterocycles. The van der Waals surface area contributed by atoms with Gasteiger partial charge in [-0.15, -0.1) is 0 Å². The van der Waals surface area contributed by atoms with E-state index >= 15 is 0 Å². The number of hydrogen-bond acceptors (Lipinski definition) is 5. The van der Waals surface area contributed by atoms with Crippen LogP contribution in [0.4, 0.5) is 11.4 Å². The standard InChI is InChI=1S/C22H27N3O5S/c1-16-12-13-18(25(27)28)15-21(16)24(31(2,29)30)14-6-11-22(26)23-20-10-5-8-17-7-3-4-9-19(17)20/h3-4,7,9,12-13,15,20H,5-6,8,10-11,14H2,1-2H3,(H,23,26)/t20-/m1/s1. The van der Waals surface area contributed by atoms with Crippen LogP contribution >= 0.6 is 0 Å². The Morgan fingerprint density at radius 1 is 1.26 bits per heavy atom. The van der Waals surface area contributed by atoms with E-state index in [-0.39, 0.29) is 36.3 Å². The number of benzene rings is 2. The number of anilines is 1. The molecule has 0 bridgehead atoms. The first kappa shape index (κ1) is 22.7. The number of aryl methyl sites for hydroxylation is 2. The van der Waals surface area contributed by atoms with Crippen molar-refractivity contribution in [3.05, 3.63) is 69.3 Å². The minimum atomic E-state index is -3.67. The number of nitrogens with zero attached hydrogens (tertiary/aromatic N) is 2. The normalized spacial score (nSPS) is 15.7. The number of carbonyl (C=O) groups is 1. The van der Waals surface area contributed by atoms with E-state index < -0.39 is 14.9 Å². The topological polar surface area (TPSA) is 110 Å². The second-order valence-corrected chi connectivity index (χ2v) is 9.78. The summed E-state index contributed by atoms with van der Waals surface area (Å²) in [4.78, 5) is 23.1. The molecule has 1 aliphatic rings. The summed E-state index contributed by atoms with van der Waals surface area (Å²) >= 11 is 0. The van der Waals surface area contributed by atoms with Gasteiger partial charge in [0.25, 0.3) is 5.69 Å². The predicted molar refractivity (Wildman–Crippen MR) is 120 cm³/mol. The molecule has 0 aromatic heterocycles. The zero-order chi connectivity index (χ0) is 22.6. The fourth-order valence-corrected chi connectivity index (χ4v) is 5.01. The maximum absolute atomic E-state index is 12.5. The summed E-state index contributed by atoms with van der Waals surface area (Å²) in [5.41, 5.74) is 3.09. The molecule has 0 saturated heterocycles. The van der Waals surface area contributed by atoms with Gasteiger partial charge in [0, 0.05) is 25.1 Å². The van der Waals surface area contributed by atoms with Crippen LogP contribution in [0.3, 0.4) is 0 Å². The lowest BCUT2D eigenvalue weighted by atomic mass is 9.87. The van der Waals surface area contributed by atoms with E-state index in [1.807, 2.05) is 18.2 Å². The number of nitro benzene ring substituents is 1.